The quantitative estimate of drug-likeness (QED) is 0.776. The molecule has 1 rings (SSSR count). The smallest absolute Gasteiger partial charge is 0.441 e. The van der Waals surface area contributed by atoms with E-state index in [0.717, 1.165) is 0 Å². The molecule has 0 radical (unpaired) electrons. The minimum absolute atomic E-state index is 0.102. The van der Waals surface area contributed by atoms with Gasteiger partial charge in [0.25, 0.3) is 0 Å². The molecule has 0 saturated carbocycles. The van der Waals surface area contributed by atoms with Gasteiger partial charge in [0.2, 0.25) is 0 Å². The summed E-state index contributed by atoms with van der Waals surface area (Å²) in [6.07, 6.45) is 1.60. The third kappa shape index (κ3) is 4.29. The fourth-order valence-electron chi connectivity index (χ4n) is 1.51. The first-order valence-corrected chi connectivity index (χ1v) is 6.37. The summed E-state index contributed by atoms with van der Waals surface area (Å²) >= 11 is -0.102. The normalized spacial score (nSPS) is 11.6. The van der Waals surface area contributed by atoms with Crippen molar-refractivity contribution in [3.63, 3.8) is 0 Å². The molecule has 0 atom stereocenters. The maximum absolute atomic E-state index is 12.0. The van der Waals surface area contributed by atoms with Crippen LogP contribution in [0.4, 0.5) is 13.2 Å². The molecule has 1 aromatic rings. The van der Waals surface area contributed by atoms with E-state index in [2.05, 4.69) is 0 Å². The van der Waals surface area contributed by atoms with Crippen LogP contribution in [-0.2, 0) is 11.3 Å². The highest BCUT2D eigenvalue weighted by Crippen LogP contribution is 2.30. The molecule has 18 heavy (non-hydrogen) atoms. The monoisotopic (exact) mass is 281 g/mol. The largest absolute Gasteiger partial charge is 0.461 e. The van der Waals surface area contributed by atoms with Crippen molar-refractivity contribution >= 4 is 17.7 Å². The van der Waals surface area contributed by atoms with E-state index in [-0.39, 0.29) is 30.7 Å². The van der Waals surface area contributed by atoms with Gasteiger partial charge in [-0.15, -0.1) is 0 Å². The van der Waals surface area contributed by atoms with Crippen LogP contribution in [0.1, 0.15) is 23.0 Å². The van der Waals surface area contributed by atoms with Crippen molar-refractivity contribution in [1.82, 2.24) is 4.57 Å². The molecule has 102 valence electrons. The Morgan fingerprint density at radius 1 is 1.50 bits per heavy atom. The summed E-state index contributed by atoms with van der Waals surface area (Å²) in [5.74, 6) is -0.638. The van der Waals surface area contributed by atoms with Crippen LogP contribution in [0.3, 0.4) is 0 Å². The van der Waals surface area contributed by atoms with Crippen molar-refractivity contribution in [2.24, 2.45) is 0 Å². The lowest BCUT2D eigenvalue weighted by Crippen LogP contribution is -2.15. The van der Waals surface area contributed by atoms with Crippen molar-refractivity contribution in [3.05, 3.63) is 23.5 Å². The maximum Gasteiger partial charge on any atom is 0.441 e. The molecule has 0 aliphatic carbocycles. The third-order valence-corrected chi connectivity index (χ3v) is 2.95. The van der Waals surface area contributed by atoms with Gasteiger partial charge >= 0.3 is 11.5 Å². The van der Waals surface area contributed by atoms with Gasteiger partial charge in [-0.05, 0) is 37.2 Å². The molecule has 0 N–H and O–H groups in total. The Bertz CT molecular complexity index is 415. The number of halogens is 3. The number of hydrogen-bond acceptors (Lipinski definition) is 3. The number of nitrogens with zero attached hydrogens (tertiary/aromatic N) is 1. The summed E-state index contributed by atoms with van der Waals surface area (Å²) in [7, 11) is 0. The molecule has 0 fully saturated rings. The van der Waals surface area contributed by atoms with Gasteiger partial charge in [0, 0.05) is 18.5 Å². The Hall–Kier alpha value is -1.11. The molecule has 0 aromatic carbocycles. The van der Waals surface area contributed by atoms with Crippen molar-refractivity contribution < 1.29 is 22.7 Å². The summed E-state index contributed by atoms with van der Waals surface area (Å²) in [5, 5.41) is 0. The zero-order valence-corrected chi connectivity index (χ0v) is 10.9. The molecule has 3 nitrogen and oxygen atoms in total. The fraction of sp³-hybridized carbons (Fsp3) is 0.545. The Morgan fingerprint density at radius 3 is 2.72 bits per heavy atom. The van der Waals surface area contributed by atoms with Gasteiger partial charge in [-0.2, -0.15) is 13.2 Å². The van der Waals surface area contributed by atoms with E-state index in [1.807, 2.05) is 0 Å². The molecule has 0 unspecified atom stereocenters. The second kappa shape index (κ2) is 6.17. The molecule has 0 aliphatic heterocycles. The first-order valence-electron chi connectivity index (χ1n) is 5.38. The highest BCUT2D eigenvalue weighted by atomic mass is 32.2. The lowest BCUT2D eigenvalue weighted by Gasteiger charge is -2.10. The van der Waals surface area contributed by atoms with Gasteiger partial charge in [0.05, 0.1) is 6.61 Å². The highest BCUT2D eigenvalue weighted by molar-refractivity contribution is 8.00. The number of hydrogen-bond donors (Lipinski definition) is 0. The first-order chi connectivity index (χ1) is 8.35. The van der Waals surface area contributed by atoms with Gasteiger partial charge in [0.15, 0.2) is 0 Å². The number of carbonyl (C=O) groups is 1. The van der Waals surface area contributed by atoms with E-state index in [1.165, 1.54) is 4.57 Å². The molecule has 7 heteroatoms. The Morgan fingerprint density at radius 2 is 2.17 bits per heavy atom. The number of rotatable bonds is 5. The van der Waals surface area contributed by atoms with Crippen LogP contribution in [0.2, 0.25) is 0 Å². The topological polar surface area (TPSA) is 31.2 Å². The zero-order valence-electron chi connectivity index (χ0n) is 10.1. The van der Waals surface area contributed by atoms with E-state index in [1.54, 1.807) is 26.1 Å². The average molecular weight is 281 g/mol. The fourth-order valence-corrected chi connectivity index (χ4v) is 2.02. The lowest BCUT2D eigenvalue weighted by atomic mass is 10.3. The van der Waals surface area contributed by atoms with Crippen LogP contribution in [-0.4, -0.2) is 28.4 Å². The minimum atomic E-state index is -4.24. The van der Waals surface area contributed by atoms with Crippen LogP contribution >= 0.6 is 11.8 Å². The molecule has 1 aromatic heterocycles. The molecule has 0 saturated heterocycles. The first kappa shape index (κ1) is 14.9. The lowest BCUT2D eigenvalue weighted by molar-refractivity contribution is -0.0328. The SMILES string of the molecule is CCOC(=O)c1c(C)ccn1CCSC(F)(F)F. The number of alkyl halides is 3. The van der Waals surface area contributed by atoms with Crippen LogP contribution in [0.15, 0.2) is 12.3 Å². The van der Waals surface area contributed by atoms with E-state index < -0.39 is 11.5 Å². The summed E-state index contributed by atoms with van der Waals surface area (Å²) in [6.45, 7) is 3.76. The Balaban J connectivity index is 2.69. The van der Waals surface area contributed by atoms with E-state index >= 15 is 0 Å². The molecule has 1 heterocycles. The van der Waals surface area contributed by atoms with E-state index in [9.17, 15) is 18.0 Å². The van der Waals surface area contributed by atoms with Crippen LogP contribution < -0.4 is 0 Å². The zero-order chi connectivity index (χ0) is 13.8. The van der Waals surface area contributed by atoms with Crippen molar-refractivity contribution in [3.8, 4) is 0 Å². The number of ether oxygens (including phenoxy) is 1. The van der Waals surface area contributed by atoms with Crippen LogP contribution in [0.5, 0.6) is 0 Å². The standard InChI is InChI=1S/C11H14F3NO2S/c1-3-17-10(16)9-8(2)4-5-15(9)6-7-18-11(12,13)14/h4-5H,3,6-7H2,1-2H3. The predicted octanol–water partition coefficient (Wildman–Crippen LogP) is 3.23. The molecule has 0 spiro atoms. The van der Waals surface area contributed by atoms with E-state index in [4.69, 9.17) is 4.74 Å². The average Bonchev–Trinajstić information content (AvgIpc) is 2.58. The number of esters is 1. The molecule has 0 bridgehead atoms. The van der Waals surface area contributed by atoms with Gasteiger partial charge in [-0.3, -0.25) is 0 Å². The minimum Gasteiger partial charge on any atom is -0.461 e. The van der Waals surface area contributed by atoms with Gasteiger partial charge in [-0.25, -0.2) is 4.79 Å². The van der Waals surface area contributed by atoms with Crippen molar-refractivity contribution in [2.45, 2.75) is 25.9 Å². The Kier molecular flexibility index (Phi) is 5.13. The number of aromatic nitrogens is 1. The molecule has 0 amide bonds. The molecule has 0 aliphatic rings. The number of carbonyl (C=O) groups excluding carboxylic acids is 1. The number of thioether (sulfide) groups is 1. The molecular weight excluding hydrogens is 267 g/mol. The predicted molar refractivity (Wildman–Crippen MR) is 63.6 cm³/mol. The Labute approximate surface area is 107 Å². The number of aryl methyl sites for hydroxylation is 2. The van der Waals surface area contributed by atoms with Gasteiger partial charge in [-0.1, -0.05) is 0 Å². The second-order valence-corrected chi connectivity index (χ2v) is 4.72. The highest BCUT2D eigenvalue weighted by Gasteiger charge is 2.27. The summed E-state index contributed by atoms with van der Waals surface area (Å²) in [4.78, 5) is 11.6. The van der Waals surface area contributed by atoms with Crippen molar-refractivity contribution in [2.75, 3.05) is 12.4 Å². The van der Waals surface area contributed by atoms with Crippen LogP contribution in [0, 0.1) is 6.92 Å². The summed E-state index contributed by atoms with van der Waals surface area (Å²) in [6, 6.07) is 1.69. The summed E-state index contributed by atoms with van der Waals surface area (Å²) < 4.78 is 42.4. The van der Waals surface area contributed by atoms with Crippen LogP contribution in [0.25, 0.3) is 0 Å². The second-order valence-electron chi connectivity index (χ2n) is 3.56. The van der Waals surface area contributed by atoms with Gasteiger partial charge < -0.3 is 9.30 Å². The maximum atomic E-state index is 12.0. The summed E-state index contributed by atoms with van der Waals surface area (Å²) in [5.41, 5.74) is -3.23. The third-order valence-electron chi connectivity index (χ3n) is 2.23. The molecular formula is C11H14F3NO2S. The van der Waals surface area contributed by atoms with Crippen molar-refractivity contribution in [1.29, 1.82) is 0 Å². The van der Waals surface area contributed by atoms with E-state index in [0.29, 0.717) is 11.3 Å². The van der Waals surface area contributed by atoms with Gasteiger partial charge in [0.1, 0.15) is 5.69 Å².